The van der Waals surface area contributed by atoms with Gasteiger partial charge in [-0.1, -0.05) is 0 Å². The number of hydrogen-bond donors (Lipinski definition) is 3. The Kier molecular flexibility index (Phi) is 492. The van der Waals surface area contributed by atoms with E-state index in [-0.39, 0.29) is 49.4 Å². The molecule has 3 N–H and O–H groups in total. The maximum Gasteiger partial charge on any atom is 0.0319 e. The zero-order valence-electron chi connectivity index (χ0n) is 4.72. The minimum absolute atomic E-state index is 0. The Morgan fingerprint density at radius 2 is 0.571 bits per heavy atom. The molecule has 0 aliphatic carbocycles. The maximum absolute atomic E-state index is 7.00. The molecule has 0 heterocycles. The van der Waals surface area contributed by atoms with Crippen LogP contribution in [-0.2, 0) is 0 Å². The average molecular weight is 248 g/mol. The zero-order valence-corrected chi connectivity index (χ0v) is 7.14. The topological polar surface area (TPSA) is 60.7 Å². The van der Waals surface area contributed by atoms with E-state index in [2.05, 4.69) is 0 Å². The van der Waals surface area contributed by atoms with E-state index in [0.29, 0.717) is 0 Å². The van der Waals surface area contributed by atoms with E-state index in [1.165, 1.54) is 0 Å². The van der Waals surface area contributed by atoms with Gasteiger partial charge in [-0.05, 0) is 0 Å². The first-order chi connectivity index (χ1) is 3.00. The molecule has 0 spiro atoms. The van der Waals surface area contributed by atoms with Crippen molar-refractivity contribution < 1.29 is 64.7 Å². The van der Waals surface area contributed by atoms with Gasteiger partial charge in [-0.15, -0.1) is 0 Å². The molecule has 0 aromatic carbocycles. The molecule has 0 aromatic heterocycles. The Morgan fingerprint density at radius 1 is 0.571 bits per heavy atom. The first-order valence-electron chi connectivity index (χ1n) is 1.34. The minimum Gasteiger partial charge on any atom is -0.400 e. The molecule has 0 aliphatic heterocycles. The van der Waals surface area contributed by atoms with Crippen LogP contribution in [0.2, 0.25) is 0 Å². The summed E-state index contributed by atoms with van der Waals surface area (Å²) in [5.41, 5.74) is 0. The molecule has 3 nitrogen and oxygen atoms in total. The van der Waals surface area contributed by atoms with Gasteiger partial charge in [0.15, 0.2) is 0 Å². The van der Waals surface area contributed by atoms with Crippen molar-refractivity contribution in [3.05, 3.63) is 0 Å². The summed E-state index contributed by atoms with van der Waals surface area (Å²) in [4.78, 5) is 0. The van der Waals surface area contributed by atoms with Crippen LogP contribution in [0.4, 0.5) is 0 Å². The van der Waals surface area contributed by atoms with Gasteiger partial charge >= 0.3 is 0 Å². The first kappa shape index (κ1) is 23.7. The second-order valence-corrected chi connectivity index (χ2v) is 0. The fourth-order valence-electron chi connectivity index (χ4n) is 0. The molecule has 4 heteroatoms. The molecular weight excluding hydrogens is 236 g/mol. The van der Waals surface area contributed by atoms with Crippen molar-refractivity contribution in [2.45, 2.75) is 0 Å². The van der Waals surface area contributed by atoms with E-state index in [1.54, 1.807) is 0 Å². The summed E-state index contributed by atoms with van der Waals surface area (Å²) in [5, 5.41) is 21.0. The van der Waals surface area contributed by atoms with Gasteiger partial charge in [-0.2, -0.15) is 0 Å². The van der Waals surface area contributed by atoms with Crippen LogP contribution < -0.4 is 0 Å². The fraction of sp³-hybridized carbons (Fsp3) is 1.00. The van der Waals surface area contributed by atoms with Crippen LogP contribution in [0.3, 0.4) is 0 Å². The molecule has 0 aliphatic rings. The molecule has 0 rings (SSSR count). The Hall–Kier alpha value is 1.46. The van der Waals surface area contributed by atoms with Gasteiger partial charge in [-0.25, -0.2) is 0 Å². The van der Waals surface area contributed by atoms with Crippen LogP contribution in [0, 0.1) is 49.4 Å². The van der Waals surface area contributed by atoms with Crippen molar-refractivity contribution in [3.8, 4) is 0 Å². The van der Waals surface area contributed by atoms with E-state index in [9.17, 15) is 0 Å². The van der Waals surface area contributed by atoms with Gasteiger partial charge in [0.1, 0.15) is 0 Å². The van der Waals surface area contributed by atoms with Crippen LogP contribution in [0.1, 0.15) is 0 Å². The van der Waals surface area contributed by atoms with E-state index in [4.69, 9.17) is 15.3 Å². The summed E-state index contributed by atoms with van der Waals surface area (Å²) in [6.45, 7) is 0. The minimum atomic E-state index is 0. The fourth-order valence-corrected chi connectivity index (χ4v) is 0. The molecule has 49 valence electrons. The Morgan fingerprint density at radius 3 is 0.571 bits per heavy atom. The molecular formula is C3H12EuO3. The normalized spacial score (nSPS) is 2.57. The van der Waals surface area contributed by atoms with Crippen molar-refractivity contribution in [3.63, 3.8) is 0 Å². The van der Waals surface area contributed by atoms with Crippen LogP contribution in [0.5, 0.6) is 0 Å². The van der Waals surface area contributed by atoms with Gasteiger partial charge in [0.2, 0.25) is 0 Å². The summed E-state index contributed by atoms with van der Waals surface area (Å²) < 4.78 is 0. The molecule has 0 saturated heterocycles. The van der Waals surface area contributed by atoms with Gasteiger partial charge in [0, 0.05) is 70.7 Å². The van der Waals surface area contributed by atoms with Crippen LogP contribution in [0.25, 0.3) is 0 Å². The molecule has 1 radical (unpaired) electrons. The van der Waals surface area contributed by atoms with Crippen molar-refractivity contribution in [1.29, 1.82) is 0 Å². The summed E-state index contributed by atoms with van der Waals surface area (Å²) in [6, 6.07) is 0. The standard InChI is InChI=1S/3CH4O.Eu/c3*1-2;/h3*2H,1H3;. The first-order valence-corrected chi connectivity index (χ1v) is 1.34. The van der Waals surface area contributed by atoms with Crippen molar-refractivity contribution >= 4 is 0 Å². The number of rotatable bonds is 0. The molecule has 0 fully saturated rings. The maximum atomic E-state index is 7.00. The summed E-state index contributed by atoms with van der Waals surface area (Å²) in [6.07, 6.45) is 0. The van der Waals surface area contributed by atoms with E-state index < -0.39 is 0 Å². The Bertz CT molecular complexity index is 10.1. The second kappa shape index (κ2) is 145. The Labute approximate surface area is 84.9 Å². The molecule has 7 heavy (non-hydrogen) atoms. The molecule has 0 saturated carbocycles. The van der Waals surface area contributed by atoms with Gasteiger partial charge in [0.05, 0.1) is 0 Å². The molecule has 0 amide bonds. The molecule has 0 atom stereocenters. The SMILES string of the molecule is CO.CO.CO.[Eu]. The van der Waals surface area contributed by atoms with E-state index in [0.717, 1.165) is 21.3 Å². The van der Waals surface area contributed by atoms with Crippen molar-refractivity contribution in [1.82, 2.24) is 0 Å². The predicted octanol–water partition coefficient (Wildman–Crippen LogP) is -1.17. The summed E-state index contributed by atoms with van der Waals surface area (Å²) >= 11 is 0. The molecule has 0 aromatic rings. The third-order valence-electron chi connectivity index (χ3n) is 0. The van der Waals surface area contributed by atoms with Crippen LogP contribution >= 0.6 is 0 Å². The second-order valence-electron chi connectivity index (χ2n) is 0. The number of hydrogen-bond acceptors (Lipinski definition) is 3. The number of aliphatic hydroxyl groups is 3. The molecule has 0 bridgehead atoms. The zero-order chi connectivity index (χ0) is 6.00. The molecule has 0 unspecified atom stereocenters. The van der Waals surface area contributed by atoms with E-state index >= 15 is 0 Å². The number of aliphatic hydroxyl groups excluding tert-OH is 3. The van der Waals surface area contributed by atoms with E-state index in [1.807, 2.05) is 0 Å². The van der Waals surface area contributed by atoms with Crippen molar-refractivity contribution in [2.24, 2.45) is 0 Å². The van der Waals surface area contributed by atoms with Gasteiger partial charge < -0.3 is 15.3 Å². The van der Waals surface area contributed by atoms with Crippen molar-refractivity contribution in [2.75, 3.05) is 21.3 Å². The monoisotopic (exact) mass is 249 g/mol. The van der Waals surface area contributed by atoms with Crippen LogP contribution in [0.15, 0.2) is 0 Å². The predicted molar refractivity (Wildman–Crippen MR) is 24.4 cm³/mol. The third kappa shape index (κ3) is 104. The largest absolute Gasteiger partial charge is 0.400 e. The van der Waals surface area contributed by atoms with Gasteiger partial charge in [0.25, 0.3) is 0 Å². The quantitative estimate of drug-likeness (QED) is 0.506. The Balaban J connectivity index is -0.00000000900. The smallest absolute Gasteiger partial charge is 0.0319 e. The average Bonchev–Trinajstić information content (AvgIpc) is 1.81. The van der Waals surface area contributed by atoms with Crippen LogP contribution in [-0.4, -0.2) is 36.6 Å². The van der Waals surface area contributed by atoms with Gasteiger partial charge in [-0.3, -0.25) is 0 Å². The third-order valence-corrected chi connectivity index (χ3v) is 0. The summed E-state index contributed by atoms with van der Waals surface area (Å²) in [7, 11) is 3.00. The summed E-state index contributed by atoms with van der Waals surface area (Å²) in [5.74, 6) is 0.